The number of rotatable bonds is 14. The quantitative estimate of drug-likeness (QED) is 0.131. The molecule has 0 N–H and O–H groups in total. The van der Waals surface area contributed by atoms with Gasteiger partial charge in [-0.05, 0) is 81.3 Å². The van der Waals surface area contributed by atoms with Crippen molar-refractivity contribution < 1.29 is 32.6 Å². The van der Waals surface area contributed by atoms with Gasteiger partial charge in [-0.3, -0.25) is 14.6 Å². The van der Waals surface area contributed by atoms with Crippen molar-refractivity contribution in [3.63, 3.8) is 0 Å². The van der Waals surface area contributed by atoms with Gasteiger partial charge in [0.25, 0.3) is 5.91 Å². The maximum absolute atomic E-state index is 15.0. The highest BCUT2D eigenvalue weighted by molar-refractivity contribution is 6.18. The van der Waals surface area contributed by atoms with Gasteiger partial charge < -0.3 is 24.0 Å². The summed E-state index contributed by atoms with van der Waals surface area (Å²) < 4.78 is 48.5. The third-order valence-corrected chi connectivity index (χ3v) is 11.5. The summed E-state index contributed by atoms with van der Waals surface area (Å²) in [5.74, 6) is -1.02. The lowest BCUT2D eigenvalue weighted by Crippen LogP contribution is -2.60. The number of urea groups is 1. The van der Waals surface area contributed by atoms with Crippen molar-refractivity contribution in [2.75, 3.05) is 54.1 Å². The summed E-state index contributed by atoms with van der Waals surface area (Å²) >= 11 is 0. The Kier molecular flexibility index (Phi) is 10.2. The Hall–Kier alpha value is -5.48. The Morgan fingerprint density at radius 1 is 0.895 bits per heavy atom. The first-order valence-electron chi connectivity index (χ1n) is 19.5. The van der Waals surface area contributed by atoms with Crippen molar-refractivity contribution in [3.8, 4) is 5.75 Å². The third-order valence-electron chi connectivity index (χ3n) is 11.5. The van der Waals surface area contributed by atoms with E-state index < -0.39 is 34.7 Å². The second-order valence-electron chi connectivity index (χ2n) is 15.2. The zero-order chi connectivity index (χ0) is 40.0. The van der Waals surface area contributed by atoms with E-state index in [0.29, 0.717) is 30.7 Å². The molecule has 4 aromatic rings. The lowest BCUT2D eigenvalue weighted by molar-refractivity contribution is -0.133. The van der Waals surface area contributed by atoms with Crippen molar-refractivity contribution in [3.05, 3.63) is 96.6 Å². The van der Waals surface area contributed by atoms with Gasteiger partial charge >= 0.3 is 6.03 Å². The van der Waals surface area contributed by atoms with Crippen LogP contribution in [0.2, 0.25) is 0 Å². The number of aromatic nitrogens is 3. The summed E-state index contributed by atoms with van der Waals surface area (Å²) in [5.41, 5.74) is -0.436. The molecule has 16 heteroatoms. The van der Waals surface area contributed by atoms with Crippen LogP contribution in [0.3, 0.4) is 0 Å². The van der Waals surface area contributed by atoms with Gasteiger partial charge in [-0.2, -0.15) is 15.3 Å². The average Bonchev–Trinajstić information content (AvgIpc) is 3.53. The second kappa shape index (κ2) is 15.1. The van der Waals surface area contributed by atoms with E-state index in [-0.39, 0.29) is 43.3 Å². The zero-order valence-corrected chi connectivity index (χ0v) is 32.6. The number of nitrogens with zero attached hydrogens (tertiary/aromatic N) is 9. The van der Waals surface area contributed by atoms with E-state index in [9.17, 15) is 18.4 Å². The highest BCUT2D eigenvalue weighted by Gasteiger charge is 2.72. The highest BCUT2D eigenvalue weighted by atomic mass is 19.1. The summed E-state index contributed by atoms with van der Waals surface area (Å²) in [4.78, 5) is 39.7. The van der Waals surface area contributed by atoms with Crippen molar-refractivity contribution in [1.29, 1.82) is 0 Å². The second-order valence-corrected chi connectivity index (χ2v) is 15.2. The SMILES string of the molecule is CCCC1(C2(CC)N=N2)C(=O)N(C(C)C)C(=O)N1c1ccc(N2CCN(c3ccc(OC[C@H]4OC[C@](Cn5cncn5)(c5ccc(F)cc5F)O4)cc3)CC2)cc1. The van der Waals surface area contributed by atoms with E-state index in [1.54, 1.807) is 4.90 Å². The van der Waals surface area contributed by atoms with Gasteiger partial charge in [0.2, 0.25) is 5.66 Å². The number of hydrogen-bond donors (Lipinski definition) is 0. The van der Waals surface area contributed by atoms with Crippen LogP contribution in [0.15, 0.2) is 89.6 Å². The molecule has 1 aromatic heterocycles. The van der Waals surface area contributed by atoms with Crippen molar-refractivity contribution in [1.82, 2.24) is 19.7 Å². The predicted molar refractivity (Wildman–Crippen MR) is 207 cm³/mol. The van der Waals surface area contributed by atoms with E-state index in [0.717, 1.165) is 43.6 Å². The number of ether oxygens (including phenoxy) is 3. The topological polar surface area (TPSA) is 130 Å². The van der Waals surface area contributed by atoms with E-state index >= 15 is 0 Å². The lowest BCUT2D eigenvalue weighted by Gasteiger charge is -2.39. The van der Waals surface area contributed by atoms with Gasteiger partial charge in [-0.1, -0.05) is 26.3 Å². The number of amides is 3. The van der Waals surface area contributed by atoms with Gasteiger partial charge in [-0.25, -0.2) is 23.2 Å². The van der Waals surface area contributed by atoms with Crippen molar-refractivity contribution in [2.45, 2.75) is 82.6 Å². The largest absolute Gasteiger partial charge is 0.488 e. The van der Waals surface area contributed by atoms with Crippen molar-refractivity contribution >= 4 is 29.0 Å². The van der Waals surface area contributed by atoms with Crippen LogP contribution in [0, 0.1) is 11.6 Å². The fourth-order valence-electron chi connectivity index (χ4n) is 8.56. The molecule has 1 unspecified atom stereocenters. The summed E-state index contributed by atoms with van der Waals surface area (Å²) in [7, 11) is 0. The van der Waals surface area contributed by atoms with Gasteiger partial charge in [0.1, 0.15) is 42.2 Å². The van der Waals surface area contributed by atoms with E-state index in [1.165, 1.54) is 34.4 Å². The first kappa shape index (κ1) is 38.4. The molecule has 0 bridgehead atoms. The first-order chi connectivity index (χ1) is 27.5. The Bertz CT molecular complexity index is 2110. The molecule has 4 aliphatic heterocycles. The molecule has 4 aliphatic rings. The van der Waals surface area contributed by atoms with Crippen molar-refractivity contribution in [2.24, 2.45) is 10.2 Å². The molecule has 3 aromatic carbocycles. The monoisotopic (exact) mass is 783 g/mol. The minimum atomic E-state index is -1.25. The maximum Gasteiger partial charge on any atom is 0.332 e. The molecule has 0 aliphatic carbocycles. The fourth-order valence-corrected chi connectivity index (χ4v) is 8.56. The van der Waals surface area contributed by atoms with Gasteiger partial charge in [-0.15, -0.1) is 0 Å². The number of carbonyl (C=O) groups excluding carboxylic acids is 2. The molecule has 0 spiro atoms. The fraction of sp³-hybridized carbons (Fsp3) is 0.463. The van der Waals surface area contributed by atoms with Crippen LogP contribution < -0.4 is 19.4 Å². The van der Waals surface area contributed by atoms with Gasteiger partial charge in [0, 0.05) is 60.9 Å². The average molecular weight is 784 g/mol. The first-order valence-corrected chi connectivity index (χ1v) is 19.5. The van der Waals surface area contributed by atoms with Crippen LogP contribution in [0.4, 0.5) is 30.6 Å². The number of carbonyl (C=O) groups is 2. The molecule has 8 rings (SSSR count). The Labute approximate surface area is 330 Å². The molecule has 5 heterocycles. The predicted octanol–water partition coefficient (Wildman–Crippen LogP) is 6.52. The Balaban J connectivity index is 0.880. The van der Waals surface area contributed by atoms with Crippen LogP contribution in [0.25, 0.3) is 0 Å². The van der Waals surface area contributed by atoms with Crippen LogP contribution in [0.1, 0.15) is 52.5 Å². The third kappa shape index (κ3) is 6.77. The normalized spacial score (nSPS) is 24.3. The van der Waals surface area contributed by atoms with Gasteiger partial charge in [0.05, 0.1) is 13.2 Å². The maximum atomic E-state index is 15.0. The van der Waals surface area contributed by atoms with E-state index in [2.05, 4.69) is 30.1 Å². The number of anilines is 3. The molecule has 3 atom stereocenters. The van der Waals surface area contributed by atoms with E-state index in [4.69, 9.17) is 14.2 Å². The Morgan fingerprint density at radius 2 is 1.54 bits per heavy atom. The summed E-state index contributed by atoms with van der Waals surface area (Å²) in [6.45, 7) is 11.1. The molecule has 3 fully saturated rings. The molecule has 3 saturated heterocycles. The Morgan fingerprint density at radius 3 is 2.11 bits per heavy atom. The summed E-state index contributed by atoms with van der Waals surface area (Å²) in [6, 6.07) is 18.5. The number of halogens is 2. The zero-order valence-electron chi connectivity index (χ0n) is 32.6. The summed E-state index contributed by atoms with van der Waals surface area (Å²) in [6.07, 6.45) is 3.78. The highest BCUT2D eigenvalue weighted by Crippen LogP contribution is 2.53. The molecule has 0 radical (unpaired) electrons. The lowest BCUT2D eigenvalue weighted by atomic mass is 9.79. The molecule has 3 amide bonds. The summed E-state index contributed by atoms with van der Waals surface area (Å²) in [5, 5.41) is 12.9. The van der Waals surface area contributed by atoms with Crippen LogP contribution >= 0.6 is 0 Å². The van der Waals surface area contributed by atoms with Gasteiger partial charge in [0.15, 0.2) is 11.8 Å². The van der Waals surface area contributed by atoms with Crippen LogP contribution in [-0.4, -0.2) is 94.5 Å². The standard InChI is InChI=1S/C41H47F2N9O5/c1-5-17-40(41(6-2)46-47-41)37(53)51(28(3)4)38(54)52(40)32-10-8-30(9-11-32)48-18-20-49(21-19-48)31-12-14-33(15-13-31)55-23-36-56-25-39(57-36,24-50-27-44-26-45-50)34-16-7-29(42)22-35(34)43/h7-16,22,26-28,36H,5-6,17-21,23-25H2,1-4H3/t36-,39+,40?/m0/s1. The molecule has 57 heavy (non-hydrogen) atoms. The van der Waals surface area contributed by atoms with Crippen LogP contribution in [-0.2, 0) is 26.4 Å². The minimum absolute atomic E-state index is 0.0149. The molecule has 14 nitrogen and oxygen atoms in total. The number of benzene rings is 3. The van der Waals surface area contributed by atoms with Crippen LogP contribution in [0.5, 0.6) is 5.75 Å². The number of imide groups is 1. The smallest absolute Gasteiger partial charge is 0.332 e. The molecule has 300 valence electrons. The number of hydrogen-bond acceptors (Lipinski definition) is 11. The number of piperazine rings is 1. The molecular formula is C41H47F2N9O5. The molecular weight excluding hydrogens is 737 g/mol. The molecule has 0 saturated carbocycles. The van der Waals surface area contributed by atoms with E-state index in [1.807, 2.05) is 76.2 Å². The minimum Gasteiger partial charge on any atom is -0.488 e.